The van der Waals surface area contributed by atoms with Crippen LogP contribution in [0.5, 0.6) is 0 Å². The second-order valence-corrected chi connectivity index (χ2v) is 7.28. The molecule has 0 amide bonds. The van der Waals surface area contributed by atoms with E-state index in [1.54, 1.807) is 18.4 Å². The van der Waals surface area contributed by atoms with Crippen LogP contribution >= 0.6 is 23.2 Å². The molecular weight excluding hydrogens is 351 g/mol. The first-order valence-electron chi connectivity index (χ1n) is 7.07. The van der Waals surface area contributed by atoms with Crippen LogP contribution in [0.1, 0.15) is 11.3 Å². The zero-order chi connectivity index (χ0) is 16.4. The average Bonchev–Trinajstić information content (AvgIpc) is 2.54. The van der Waals surface area contributed by atoms with Crippen molar-refractivity contribution in [2.24, 2.45) is 0 Å². The summed E-state index contributed by atoms with van der Waals surface area (Å²) in [6, 6.07) is 13.5. The highest BCUT2D eigenvalue weighted by molar-refractivity contribution is 7.84. The fourth-order valence-electron chi connectivity index (χ4n) is 2.37. The Balaban J connectivity index is 2.01. The number of aromatic nitrogens is 2. The van der Waals surface area contributed by atoms with E-state index in [1.807, 2.05) is 18.2 Å². The van der Waals surface area contributed by atoms with Gasteiger partial charge in [0.15, 0.2) is 0 Å². The van der Waals surface area contributed by atoms with E-state index in [-0.39, 0.29) is 0 Å². The Morgan fingerprint density at radius 2 is 1.57 bits per heavy atom. The molecule has 118 valence electrons. The van der Waals surface area contributed by atoms with Crippen molar-refractivity contribution in [3.8, 4) is 0 Å². The van der Waals surface area contributed by atoms with E-state index in [1.165, 1.54) is 5.56 Å². The maximum absolute atomic E-state index is 12.0. The normalized spacial score (nSPS) is 12.5. The van der Waals surface area contributed by atoms with E-state index < -0.39 is 10.8 Å². The summed E-state index contributed by atoms with van der Waals surface area (Å²) in [6.07, 6.45) is 3.09. The molecule has 0 N–H and O–H groups in total. The first kappa shape index (κ1) is 16.4. The van der Waals surface area contributed by atoms with Crippen LogP contribution in [0.25, 0.3) is 11.0 Å². The van der Waals surface area contributed by atoms with Crippen molar-refractivity contribution >= 4 is 45.0 Å². The third-order valence-electron chi connectivity index (χ3n) is 3.51. The van der Waals surface area contributed by atoms with Gasteiger partial charge < -0.3 is 0 Å². The number of aryl methyl sites for hydroxylation is 2. The molecule has 0 radical (unpaired) electrons. The van der Waals surface area contributed by atoms with Crippen LogP contribution < -0.4 is 0 Å². The molecule has 1 unspecified atom stereocenters. The van der Waals surface area contributed by atoms with Crippen LogP contribution in [0.2, 0.25) is 10.0 Å². The minimum Gasteiger partial charge on any atom is -0.253 e. The molecule has 1 aromatic heterocycles. The molecule has 23 heavy (non-hydrogen) atoms. The molecule has 3 rings (SSSR count). The van der Waals surface area contributed by atoms with Gasteiger partial charge in [-0.15, -0.1) is 0 Å². The number of hydrogen-bond donors (Lipinski definition) is 0. The molecular formula is C17H14Cl2N2OS. The predicted molar refractivity (Wildman–Crippen MR) is 95.7 cm³/mol. The van der Waals surface area contributed by atoms with Crippen LogP contribution in [0.3, 0.4) is 0 Å². The number of fused-ring (bicyclic) bond motifs is 1. The Kier molecular flexibility index (Phi) is 4.95. The largest absolute Gasteiger partial charge is 0.253 e. The van der Waals surface area contributed by atoms with Crippen molar-refractivity contribution in [2.45, 2.75) is 17.9 Å². The smallest absolute Gasteiger partial charge is 0.149 e. The van der Waals surface area contributed by atoms with Gasteiger partial charge in [-0.1, -0.05) is 53.5 Å². The Morgan fingerprint density at radius 1 is 0.957 bits per heavy atom. The summed E-state index contributed by atoms with van der Waals surface area (Å²) in [4.78, 5) is 9.10. The molecule has 0 spiro atoms. The number of halogens is 2. The van der Waals surface area contributed by atoms with E-state index in [0.717, 1.165) is 12.1 Å². The van der Waals surface area contributed by atoms with Gasteiger partial charge in [0, 0.05) is 6.26 Å². The molecule has 0 bridgehead atoms. The third kappa shape index (κ3) is 3.71. The quantitative estimate of drug-likeness (QED) is 0.686. The Bertz CT molecular complexity index is 885. The van der Waals surface area contributed by atoms with Crippen molar-refractivity contribution in [3.63, 3.8) is 0 Å². The maximum Gasteiger partial charge on any atom is 0.149 e. The molecule has 0 saturated heterocycles. The maximum atomic E-state index is 12.0. The zero-order valence-corrected chi connectivity index (χ0v) is 14.8. The highest BCUT2D eigenvalue weighted by Gasteiger charge is 2.13. The number of hydrogen-bond acceptors (Lipinski definition) is 3. The minimum atomic E-state index is -1.22. The van der Waals surface area contributed by atoms with E-state index in [4.69, 9.17) is 23.2 Å². The first-order valence-corrected chi connectivity index (χ1v) is 9.39. The van der Waals surface area contributed by atoms with Gasteiger partial charge in [-0.25, -0.2) is 9.97 Å². The van der Waals surface area contributed by atoms with Gasteiger partial charge in [-0.2, -0.15) is 0 Å². The van der Waals surface area contributed by atoms with Gasteiger partial charge in [0.1, 0.15) is 5.03 Å². The molecule has 1 atom stereocenters. The molecule has 0 fully saturated rings. The van der Waals surface area contributed by atoms with Crippen molar-refractivity contribution in [2.75, 3.05) is 6.26 Å². The standard InChI is InChI=1S/C17H14Cl2N2OS/c1-23(22)17-14(8-7-11-5-3-2-4-6-11)20-15-9-12(18)13(19)10-16(15)21-17/h2-6,9-10H,7-8H2,1H3. The summed E-state index contributed by atoms with van der Waals surface area (Å²) >= 11 is 12.1. The highest BCUT2D eigenvalue weighted by atomic mass is 35.5. The monoisotopic (exact) mass is 364 g/mol. The lowest BCUT2D eigenvalue weighted by atomic mass is 10.1. The second-order valence-electron chi connectivity index (χ2n) is 5.17. The second kappa shape index (κ2) is 6.95. The Morgan fingerprint density at radius 3 is 2.17 bits per heavy atom. The molecule has 3 aromatic rings. The van der Waals surface area contributed by atoms with Gasteiger partial charge in [0.2, 0.25) is 0 Å². The molecule has 0 aliphatic carbocycles. The number of nitrogens with zero attached hydrogens (tertiary/aromatic N) is 2. The van der Waals surface area contributed by atoms with E-state index in [0.29, 0.717) is 32.5 Å². The first-order chi connectivity index (χ1) is 11.0. The minimum absolute atomic E-state index is 0.415. The molecule has 0 aliphatic rings. The van der Waals surface area contributed by atoms with Crippen LogP contribution in [0.4, 0.5) is 0 Å². The lowest BCUT2D eigenvalue weighted by Gasteiger charge is -2.09. The topological polar surface area (TPSA) is 42.9 Å². The summed E-state index contributed by atoms with van der Waals surface area (Å²) in [5, 5.41) is 1.36. The molecule has 2 aromatic carbocycles. The molecule has 3 nitrogen and oxygen atoms in total. The van der Waals surface area contributed by atoms with Crippen LogP contribution in [0, 0.1) is 0 Å². The van der Waals surface area contributed by atoms with Crippen LogP contribution in [-0.4, -0.2) is 20.4 Å². The van der Waals surface area contributed by atoms with Gasteiger partial charge in [0.25, 0.3) is 0 Å². The highest BCUT2D eigenvalue weighted by Crippen LogP contribution is 2.27. The summed E-state index contributed by atoms with van der Waals surface area (Å²) in [5.74, 6) is 0. The van der Waals surface area contributed by atoms with Crippen molar-refractivity contribution in [3.05, 3.63) is 63.8 Å². The molecule has 1 heterocycles. The molecule has 0 aliphatic heterocycles. The third-order valence-corrected chi connectivity index (χ3v) is 5.10. The van der Waals surface area contributed by atoms with Crippen molar-refractivity contribution in [1.82, 2.24) is 9.97 Å². The zero-order valence-electron chi connectivity index (χ0n) is 12.4. The van der Waals surface area contributed by atoms with Crippen molar-refractivity contribution in [1.29, 1.82) is 0 Å². The lowest BCUT2D eigenvalue weighted by Crippen LogP contribution is -2.05. The van der Waals surface area contributed by atoms with Crippen LogP contribution in [0.15, 0.2) is 47.5 Å². The van der Waals surface area contributed by atoms with E-state index in [9.17, 15) is 4.21 Å². The average molecular weight is 365 g/mol. The Labute approximate surface area is 147 Å². The number of benzene rings is 2. The van der Waals surface area contributed by atoms with Crippen molar-refractivity contribution < 1.29 is 4.21 Å². The summed E-state index contributed by atoms with van der Waals surface area (Å²) in [7, 11) is -1.22. The SMILES string of the molecule is CS(=O)c1nc2cc(Cl)c(Cl)cc2nc1CCc1ccccc1. The molecule has 0 saturated carbocycles. The molecule has 6 heteroatoms. The predicted octanol–water partition coefficient (Wildman–Crippen LogP) is 4.46. The fraction of sp³-hybridized carbons (Fsp3) is 0.176. The van der Waals surface area contributed by atoms with Gasteiger partial charge in [0.05, 0.1) is 37.6 Å². The van der Waals surface area contributed by atoms with E-state index in [2.05, 4.69) is 22.1 Å². The summed E-state index contributed by atoms with van der Waals surface area (Å²) in [6.45, 7) is 0. The fourth-order valence-corrected chi connectivity index (χ4v) is 3.39. The van der Waals surface area contributed by atoms with E-state index >= 15 is 0 Å². The van der Waals surface area contributed by atoms with Gasteiger partial charge in [-0.3, -0.25) is 4.21 Å². The Hall–Kier alpha value is -1.49. The summed E-state index contributed by atoms with van der Waals surface area (Å²) in [5.41, 5.74) is 3.21. The number of rotatable bonds is 4. The lowest BCUT2D eigenvalue weighted by molar-refractivity contribution is 0.681. The van der Waals surface area contributed by atoms with Gasteiger partial charge >= 0.3 is 0 Å². The van der Waals surface area contributed by atoms with Crippen LogP contribution in [-0.2, 0) is 23.6 Å². The summed E-state index contributed by atoms with van der Waals surface area (Å²) < 4.78 is 12.0. The van der Waals surface area contributed by atoms with Gasteiger partial charge in [-0.05, 0) is 30.5 Å².